The van der Waals surface area contributed by atoms with Crippen LogP contribution in [-0.2, 0) is 14.3 Å². The molecule has 2 unspecified atom stereocenters. The first-order valence-corrected chi connectivity index (χ1v) is 42.6. The van der Waals surface area contributed by atoms with Crippen molar-refractivity contribution >= 4 is 11.9 Å². The SMILES string of the molecule is CCCCCC/C=C\C/C=C\CCCCCCCCCC(=O)OCCCCCCCCCCCCCCCCCCCCCCCCCCCCCCCCCCCCCCCCCC(=O)NC(CO)C(O)CCCCCCCCCCCCCCCCCCCC. The highest BCUT2D eigenvalue weighted by Gasteiger charge is 2.20. The van der Waals surface area contributed by atoms with E-state index in [2.05, 4.69) is 43.5 Å². The molecule has 0 spiro atoms. The Balaban J connectivity index is 3.29. The fourth-order valence-electron chi connectivity index (χ4n) is 13.8. The van der Waals surface area contributed by atoms with E-state index in [1.165, 1.54) is 405 Å². The van der Waals surface area contributed by atoms with Crippen molar-refractivity contribution in [2.24, 2.45) is 0 Å². The van der Waals surface area contributed by atoms with Gasteiger partial charge in [-0.2, -0.15) is 0 Å². The molecule has 0 aliphatic rings. The molecular formula is C86H167NO5. The maximum absolute atomic E-state index is 12.6. The van der Waals surface area contributed by atoms with Gasteiger partial charge in [-0.05, 0) is 57.8 Å². The maximum atomic E-state index is 12.6. The van der Waals surface area contributed by atoms with Crippen LogP contribution in [0, 0.1) is 0 Å². The Hall–Kier alpha value is -1.66. The predicted molar refractivity (Wildman–Crippen MR) is 407 cm³/mol. The van der Waals surface area contributed by atoms with E-state index < -0.39 is 12.1 Å². The summed E-state index contributed by atoms with van der Waals surface area (Å²) in [5.74, 6) is -0.00610. The fourth-order valence-corrected chi connectivity index (χ4v) is 13.8. The zero-order valence-electron chi connectivity index (χ0n) is 62.8. The van der Waals surface area contributed by atoms with Gasteiger partial charge in [0.15, 0.2) is 0 Å². The Bertz CT molecular complexity index is 1450. The number of amides is 1. The number of hydrogen-bond donors (Lipinski definition) is 3. The van der Waals surface area contributed by atoms with Crippen LogP contribution < -0.4 is 5.32 Å². The number of rotatable bonds is 81. The number of nitrogens with one attached hydrogen (secondary N) is 1. The Morgan fingerprint density at radius 3 is 0.837 bits per heavy atom. The summed E-state index contributed by atoms with van der Waals surface area (Å²) in [5.41, 5.74) is 0. The second-order valence-corrected chi connectivity index (χ2v) is 29.5. The highest BCUT2D eigenvalue weighted by Crippen LogP contribution is 2.21. The van der Waals surface area contributed by atoms with Crippen LogP contribution in [0.3, 0.4) is 0 Å². The number of aliphatic hydroxyl groups is 2. The van der Waals surface area contributed by atoms with Crippen LogP contribution in [0.25, 0.3) is 0 Å². The average Bonchev–Trinajstić information content (AvgIpc) is 3.61. The maximum Gasteiger partial charge on any atom is 0.305 e. The van der Waals surface area contributed by atoms with Gasteiger partial charge in [-0.3, -0.25) is 9.59 Å². The highest BCUT2D eigenvalue weighted by molar-refractivity contribution is 5.76. The van der Waals surface area contributed by atoms with Gasteiger partial charge < -0.3 is 20.3 Å². The Morgan fingerprint density at radius 2 is 0.543 bits per heavy atom. The molecule has 0 aromatic heterocycles. The van der Waals surface area contributed by atoms with Crippen LogP contribution in [0.4, 0.5) is 0 Å². The minimum absolute atomic E-state index is 0.0177. The molecule has 0 aliphatic carbocycles. The van der Waals surface area contributed by atoms with Crippen molar-refractivity contribution < 1.29 is 24.5 Å². The molecular weight excluding hydrogens is 1130 g/mol. The third-order valence-electron chi connectivity index (χ3n) is 20.3. The second kappa shape index (κ2) is 81.8. The molecule has 0 aromatic carbocycles. The van der Waals surface area contributed by atoms with E-state index in [1.807, 2.05) is 0 Å². The Labute approximate surface area is 577 Å². The van der Waals surface area contributed by atoms with Crippen molar-refractivity contribution in [1.82, 2.24) is 5.32 Å². The first-order valence-electron chi connectivity index (χ1n) is 42.6. The number of ether oxygens (including phenoxy) is 1. The Morgan fingerprint density at radius 1 is 0.304 bits per heavy atom. The summed E-state index contributed by atoms with van der Waals surface area (Å²) < 4.78 is 5.51. The van der Waals surface area contributed by atoms with Gasteiger partial charge in [0.1, 0.15) is 0 Å². The van der Waals surface area contributed by atoms with Gasteiger partial charge in [0.25, 0.3) is 0 Å². The largest absolute Gasteiger partial charge is 0.466 e. The monoisotopic (exact) mass is 1290 g/mol. The number of unbranched alkanes of at least 4 members (excludes halogenated alkanes) is 66. The van der Waals surface area contributed by atoms with Crippen LogP contribution in [-0.4, -0.2) is 47.4 Å². The third-order valence-corrected chi connectivity index (χ3v) is 20.3. The third kappa shape index (κ3) is 77.3. The molecule has 2 atom stereocenters. The first kappa shape index (κ1) is 90.3. The number of esters is 1. The zero-order chi connectivity index (χ0) is 66.3. The second-order valence-electron chi connectivity index (χ2n) is 29.5. The predicted octanol–water partition coefficient (Wildman–Crippen LogP) is 28.4. The molecule has 0 rings (SSSR count). The van der Waals surface area contributed by atoms with E-state index in [4.69, 9.17) is 4.74 Å². The summed E-state index contributed by atoms with van der Waals surface area (Å²) in [6.45, 7) is 4.99. The van der Waals surface area contributed by atoms with Crippen molar-refractivity contribution in [1.29, 1.82) is 0 Å². The number of carbonyl (C=O) groups is 2. The lowest BCUT2D eigenvalue weighted by Crippen LogP contribution is -2.45. The normalized spacial score (nSPS) is 12.5. The molecule has 0 radical (unpaired) electrons. The summed E-state index contributed by atoms with van der Waals surface area (Å²) in [7, 11) is 0. The molecule has 0 aliphatic heterocycles. The van der Waals surface area contributed by atoms with E-state index in [1.54, 1.807) is 0 Å². The lowest BCUT2D eigenvalue weighted by atomic mass is 10.0. The van der Waals surface area contributed by atoms with E-state index in [-0.39, 0.29) is 18.5 Å². The fraction of sp³-hybridized carbons (Fsp3) is 0.930. The van der Waals surface area contributed by atoms with E-state index in [9.17, 15) is 19.8 Å². The van der Waals surface area contributed by atoms with Gasteiger partial charge in [0.2, 0.25) is 5.91 Å². The van der Waals surface area contributed by atoms with Gasteiger partial charge in [0.05, 0.1) is 25.4 Å². The molecule has 0 aromatic rings. The van der Waals surface area contributed by atoms with Crippen LogP contribution in [0.2, 0.25) is 0 Å². The quantitative estimate of drug-likeness (QED) is 0.0320. The van der Waals surface area contributed by atoms with Gasteiger partial charge in [-0.25, -0.2) is 0 Å². The average molecular weight is 1300 g/mol. The van der Waals surface area contributed by atoms with Crippen LogP contribution in [0.5, 0.6) is 0 Å². The highest BCUT2D eigenvalue weighted by atomic mass is 16.5. The molecule has 1 amide bonds. The van der Waals surface area contributed by atoms with Crippen LogP contribution in [0.15, 0.2) is 24.3 Å². The summed E-state index contributed by atoms with van der Waals surface area (Å²) >= 11 is 0. The molecule has 6 nitrogen and oxygen atoms in total. The number of hydrogen-bond acceptors (Lipinski definition) is 5. The minimum Gasteiger partial charge on any atom is -0.466 e. The molecule has 6 heteroatoms. The molecule has 0 fully saturated rings. The summed E-state index contributed by atoms with van der Waals surface area (Å²) in [6, 6.07) is -0.537. The lowest BCUT2D eigenvalue weighted by molar-refractivity contribution is -0.143. The van der Waals surface area contributed by atoms with E-state index >= 15 is 0 Å². The zero-order valence-corrected chi connectivity index (χ0v) is 62.8. The van der Waals surface area contributed by atoms with Gasteiger partial charge in [-0.15, -0.1) is 0 Å². The van der Waals surface area contributed by atoms with Gasteiger partial charge >= 0.3 is 5.97 Å². The molecule has 92 heavy (non-hydrogen) atoms. The molecule has 0 bridgehead atoms. The van der Waals surface area contributed by atoms with Crippen molar-refractivity contribution in [2.75, 3.05) is 13.2 Å². The Kier molecular flexibility index (Phi) is 80.3. The molecule has 0 saturated heterocycles. The smallest absolute Gasteiger partial charge is 0.305 e. The van der Waals surface area contributed by atoms with Gasteiger partial charge in [0, 0.05) is 12.8 Å². The van der Waals surface area contributed by atoms with Crippen molar-refractivity contribution in [3.05, 3.63) is 24.3 Å². The summed E-state index contributed by atoms with van der Waals surface area (Å²) in [4.78, 5) is 24.7. The van der Waals surface area contributed by atoms with E-state index in [0.29, 0.717) is 25.9 Å². The molecule has 3 N–H and O–H groups in total. The van der Waals surface area contributed by atoms with Crippen molar-refractivity contribution in [3.8, 4) is 0 Å². The molecule has 546 valence electrons. The first-order chi connectivity index (χ1) is 45.5. The van der Waals surface area contributed by atoms with Crippen LogP contribution in [0.1, 0.15) is 489 Å². The standard InChI is InChI=1S/C86H167NO5/c1-3-5-7-9-11-13-15-17-19-21-46-50-54-58-62-66-70-74-78-84(89)83(82-88)87-85(90)79-75-71-67-63-59-55-51-47-44-42-40-38-36-34-32-30-28-26-24-23-25-27-29-31-33-35-37-39-41-43-45-49-53-57-61-65-69-73-77-81-92-86(91)80-76-72-68-64-60-56-52-48-22-20-18-16-14-12-10-8-6-4-2/h14,16,20,22,83-84,88-89H,3-13,15,17-19,21,23-82H2,1-2H3,(H,87,90)/b16-14-,22-20-. The van der Waals surface area contributed by atoms with Gasteiger partial charge in [-0.1, -0.05) is 443 Å². The van der Waals surface area contributed by atoms with Crippen LogP contribution >= 0.6 is 0 Å². The molecule has 0 saturated carbocycles. The number of aliphatic hydroxyl groups excluding tert-OH is 2. The van der Waals surface area contributed by atoms with Crippen molar-refractivity contribution in [2.45, 2.75) is 501 Å². The summed E-state index contributed by atoms with van der Waals surface area (Å²) in [5, 5.41) is 23.4. The van der Waals surface area contributed by atoms with E-state index in [0.717, 1.165) is 51.4 Å². The molecule has 0 heterocycles. The number of allylic oxidation sites excluding steroid dienone is 4. The summed E-state index contributed by atoms with van der Waals surface area (Å²) in [6.07, 6.45) is 106. The number of carbonyl (C=O) groups excluding carboxylic acids is 2. The minimum atomic E-state index is -0.660. The lowest BCUT2D eigenvalue weighted by Gasteiger charge is -2.22. The van der Waals surface area contributed by atoms with Crippen molar-refractivity contribution in [3.63, 3.8) is 0 Å². The topological polar surface area (TPSA) is 95.9 Å².